The molecule has 2 rings (SSSR count). The zero-order valence-electron chi connectivity index (χ0n) is 9.69. The van der Waals surface area contributed by atoms with Gasteiger partial charge in [0.25, 0.3) is 5.91 Å². The van der Waals surface area contributed by atoms with E-state index in [1.54, 1.807) is 23.6 Å². The van der Waals surface area contributed by atoms with E-state index in [-0.39, 0.29) is 5.91 Å². The lowest BCUT2D eigenvalue weighted by atomic mass is 10.3. The Bertz CT molecular complexity index is 505. The molecule has 4 nitrogen and oxygen atoms in total. The lowest BCUT2D eigenvalue weighted by Crippen LogP contribution is -2.21. The molecule has 0 atom stereocenters. The summed E-state index contributed by atoms with van der Waals surface area (Å²) in [7, 11) is 0. The molecule has 0 fully saturated rings. The van der Waals surface area contributed by atoms with Gasteiger partial charge in [-0.15, -0.1) is 11.3 Å². The molecule has 17 heavy (non-hydrogen) atoms. The number of thiazole rings is 1. The van der Waals surface area contributed by atoms with E-state index >= 15 is 0 Å². The molecule has 0 radical (unpaired) electrons. The van der Waals surface area contributed by atoms with Gasteiger partial charge < -0.3 is 5.32 Å². The maximum absolute atomic E-state index is 11.7. The monoisotopic (exact) mass is 267 g/mol. The Morgan fingerprint density at radius 1 is 1.53 bits per heavy atom. The predicted molar refractivity (Wildman–Crippen MR) is 69.5 cm³/mol. The zero-order valence-corrected chi connectivity index (χ0v) is 11.3. The Morgan fingerprint density at radius 2 is 2.35 bits per heavy atom. The second kappa shape index (κ2) is 5.37. The van der Waals surface area contributed by atoms with Crippen molar-refractivity contribution in [1.29, 1.82) is 0 Å². The molecular formula is C11H13N3OS2. The van der Waals surface area contributed by atoms with E-state index in [0.717, 1.165) is 22.0 Å². The first-order valence-electron chi connectivity index (χ1n) is 5.34. The zero-order chi connectivity index (χ0) is 12.3. The highest BCUT2D eigenvalue weighted by molar-refractivity contribution is 7.11. The van der Waals surface area contributed by atoms with Crippen LogP contribution in [0, 0.1) is 6.92 Å². The fourth-order valence-corrected chi connectivity index (χ4v) is 2.85. The van der Waals surface area contributed by atoms with Crippen LogP contribution in [0.15, 0.2) is 12.3 Å². The SMILES string of the molecule is CCc1nc(C)c(CNC(=O)c2ccns2)s1. The van der Waals surface area contributed by atoms with E-state index < -0.39 is 0 Å². The quantitative estimate of drug-likeness (QED) is 0.925. The number of amides is 1. The first kappa shape index (κ1) is 12.2. The third-order valence-corrected chi connectivity index (χ3v) is 4.36. The van der Waals surface area contributed by atoms with Gasteiger partial charge in [-0.25, -0.2) is 9.36 Å². The van der Waals surface area contributed by atoms with Crippen molar-refractivity contribution in [3.05, 3.63) is 32.7 Å². The van der Waals surface area contributed by atoms with Crippen molar-refractivity contribution in [1.82, 2.24) is 14.7 Å². The Hall–Kier alpha value is -1.27. The van der Waals surface area contributed by atoms with E-state index in [0.29, 0.717) is 11.4 Å². The summed E-state index contributed by atoms with van der Waals surface area (Å²) in [5.74, 6) is -0.0710. The van der Waals surface area contributed by atoms with Crippen molar-refractivity contribution in [2.45, 2.75) is 26.8 Å². The Balaban J connectivity index is 1.98. The highest BCUT2D eigenvalue weighted by atomic mass is 32.1. The van der Waals surface area contributed by atoms with Gasteiger partial charge in [-0.1, -0.05) is 6.92 Å². The molecule has 0 aliphatic rings. The van der Waals surface area contributed by atoms with Crippen LogP contribution in [0.3, 0.4) is 0 Å². The molecular weight excluding hydrogens is 254 g/mol. The first-order chi connectivity index (χ1) is 8.20. The summed E-state index contributed by atoms with van der Waals surface area (Å²) >= 11 is 2.87. The molecule has 1 N–H and O–H groups in total. The van der Waals surface area contributed by atoms with Gasteiger partial charge in [0.15, 0.2) is 0 Å². The standard InChI is InChI=1S/C11H13N3OS2/c1-3-10-14-7(2)9(16-10)6-12-11(15)8-4-5-13-17-8/h4-5H,3,6H2,1-2H3,(H,12,15). The van der Waals surface area contributed by atoms with Crippen molar-refractivity contribution in [3.63, 3.8) is 0 Å². The van der Waals surface area contributed by atoms with Crippen LogP contribution < -0.4 is 5.32 Å². The fourth-order valence-electron chi connectivity index (χ4n) is 1.38. The summed E-state index contributed by atoms with van der Waals surface area (Å²) in [6.07, 6.45) is 2.57. The van der Waals surface area contributed by atoms with Crippen molar-refractivity contribution < 1.29 is 4.79 Å². The largest absolute Gasteiger partial charge is 0.346 e. The molecule has 0 spiro atoms. The van der Waals surface area contributed by atoms with Crippen LogP contribution in [0.2, 0.25) is 0 Å². The summed E-state index contributed by atoms with van der Waals surface area (Å²) in [5.41, 5.74) is 1.01. The van der Waals surface area contributed by atoms with Crippen LogP contribution in [0.5, 0.6) is 0 Å². The molecule has 1 amide bonds. The van der Waals surface area contributed by atoms with Gasteiger partial charge in [0.1, 0.15) is 4.88 Å². The molecule has 0 saturated carbocycles. The molecule has 0 aliphatic heterocycles. The first-order valence-corrected chi connectivity index (χ1v) is 6.93. The summed E-state index contributed by atoms with van der Waals surface area (Å²) in [4.78, 5) is 17.9. The Labute approximate surface area is 108 Å². The predicted octanol–water partition coefficient (Wildman–Crippen LogP) is 2.40. The number of rotatable bonds is 4. The molecule has 2 aromatic heterocycles. The minimum Gasteiger partial charge on any atom is -0.346 e. The summed E-state index contributed by atoms with van der Waals surface area (Å²) in [5, 5.41) is 4.00. The van der Waals surface area contributed by atoms with Crippen LogP contribution in [0.4, 0.5) is 0 Å². The van der Waals surface area contributed by atoms with Gasteiger partial charge in [-0.05, 0) is 30.9 Å². The fraction of sp³-hybridized carbons (Fsp3) is 0.364. The Morgan fingerprint density at radius 3 is 2.94 bits per heavy atom. The van der Waals surface area contributed by atoms with Crippen molar-refractivity contribution in [2.24, 2.45) is 0 Å². The van der Waals surface area contributed by atoms with Gasteiger partial charge >= 0.3 is 0 Å². The van der Waals surface area contributed by atoms with E-state index in [2.05, 4.69) is 21.6 Å². The topological polar surface area (TPSA) is 54.9 Å². The number of hydrogen-bond acceptors (Lipinski definition) is 5. The van der Waals surface area contributed by atoms with Gasteiger partial charge in [0.2, 0.25) is 0 Å². The van der Waals surface area contributed by atoms with Gasteiger partial charge in [-0.3, -0.25) is 4.79 Å². The number of nitrogens with one attached hydrogen (secondary N) is 1. The maximum atomic E-state index is 11.7. The van der Waals surface area contributed by atoms with Crippen LogP contribution in [0.1, 0.15) is 32.2 Å². The molecule has 6 heteroatoms. The molecule has 0 saturated heterocycles. The van der Waals surface area contributed by atoms with Crippen LogP contribution in [0.25, 0.3) is 0 Å². The number of carbonyl (C=O) groups excluding carboxylic acids is 1. The molecule has 0 bridgehead atoms. The second-order valence-electron chi connectivity index (χ2n) is 3.53. The molecule has 0 aliphatic carbocycles. The van der Waals surface area contributed by atoms with Crippen LogP contribution >= 0.6 is 22.9 Å². The van der Waals surface area contributed by atoms with Crippen molar-refractivity contribution in [3.8, 4) is 0 Å². The minimum absolute atomic E-state index is 0.0710. The number of carbonyl (C=O) groups is 1. The Kier molecular flexibility index (Phi) is 3.86. The number of aryl methyl sites for hydroxylation is 2. The van der Waals surface area contributed by atoms with Gasteiger partial charge in [0, 0.05) is 11.1 Å². The maximum Gasteiger partial charge on any atom is 0.263 e. The highest BCUT2D eigenvalue weighted by Gasteiger charge is 2.10. The molecule has 2 heterocycles. The second-order valence-corrected chi connectivity index (χ2v) is 5.53. The number of aromatic nitrogens is 2. The van der Waals surface area contributed by atoms with E-state index in [9.17, 15) is 4.79 Å². The average Bonchev–Trinajstić information content (AvgIpc) is 2.95. The van der Waals surface area contributed by atoms with Crippen molar-refractivity contribution >= 4 is 28.8 Å². The van der Waals surface area contributed by atoms with E-state index in [4.69, 9.17) is 0 Å². The van der Waals surface area contributed by atoms with Crippen molar-refractivity contribution in [2.75, 3.05) is 0 Å². The minimum atomic E-state index is -0.0710. The number of nitrogens with zero attached hydrogens (tertiary/aromatic N) is 2. The van der Waals surface area contributed by atoms with Crippen LogP contribution in [-0.4, -0.2) is 15.3 Å². The summed E-state index contributed by atoms with van der Waals surface area (Å²) < 4.78 is 3.90. The molecule has 0 unspecified atom stereocenters. The van der Waals surface area contributed by atoms with Gasteiger partial charge in [-0.2, -0.15) is 0 Å². The lowest BCUT2D eigenvalue weighted by molar-refractivity contribution is 0.0955. The van der Waals surface area contributed by atoms with Gasteiger partial charge in [0.05, 0.1) is 17.2 Å². The summed E-state index contributed by atoms with van der Waals surface area (Å²) in [6.45, 7) is 4.60. The normalized spacial score (nSPS) is 10.5. The molecule has 90 valence electrons. The van der Waals surface area contributed by atoms with E-state index in [1.807, 2.05) is 6.92 Å². The third kappa shape index (κ3) is 2.89. The van der Waals surface area contributed by atoms with E-state index in [1.165, 1.54) is 11.5 Å². The summed E-state index contributed by atoms with van der Waals surface area (Å²) in [6, 6.07) is 1.72. The average molecular weight is 267 g/mol. The third-order valence-electron chi connectivity index (χ3n) is 2.31. The molecule has 2 aromatic rings. The highest BCUT2D eigenvalue weighted by Crippen LogP contribution is 2.18. The van der Waals surface area contributed by atoms with Crippen LogP contribution in [-0.2, 0) is 13.0 Å². The smallest absolute Gasteiger partial charge is 0.263 e. The lowest BCUT2D eigenvalue weighted by Gasteiger charge is -2.01. The molecule has 0 aromatic carbocycles. The number of hydrogen-bond donors (Lipinski definition) is 1.